The molecular formula is C17H21NO2. The first-order valence-corrected chi connectivity index (χ1v) is 6.71. The first kappa shape index (κ1) is 14.7. The molecular weight excluding hydrogens is 250 g/mol. The molecule has 0 fully saturated rings. The molecule has 0 radical (unpaired) electrons. The Labute approximate surface area is 120 Å². The van der Waals surface area contributed by atoms with Crippen molar-refractivity contribution in [2.45, 2.75) is 19.8 Å². The van der Waals surface area contributed by atoms with E-state index in [0.29, 0.717) is 0 Å². The van der Waals surface area contributed by atoms with E-state index in [1.165, 1.54) is 5.56 Å². The molecule has 0 atom stereocenters. The molecule has 0 aliphatic heterocycles. The molecule has 0 aliphatic rings. The molecule has 3 nitrogen and oxygen atoms in total. The molecule has 0 heterocycles. The van der Waals surface area contributed by atoms with Gasteiger partial charge in [-0.3, -0.25) is 0 Å². The van der Waals surface area contributed by atoms with E-state index in [4.69, 9.17) is 5.11 Å². The minimum Gasteiger partial charge on any atom is -0.392 e. The number of benzene rings is 2. The summed E-state index contributed by atoms with van der Waals surface area (Å²) in [4.78, 5) is 2.13. The van der Waals surface area contributed by atoms with Gasteiger partial charge in [-0.2, -0.15) is 0 Å². The van der Waals surface area contributed by atoms with Gasteiger partial charge < -0.3 is 15.1 Å². The van der Waals surface area contributed by atoms with Gasteiger partial charge in [-0.05, 0) is 41.9 Å². The fourth-order valence-corrected chi connectivity index (χ4v) is 2.31. The van der Waals surface area contributed by atoms with Crippen LogP contribution in [0.25, 0.3) is 11.1 Å². The molecule has 106 valence electrons. The van der Waals surface area contributed by atoms with Crippen molar-refractivity contribution < 1.29 is 10.2 Å². The lowest BCUT2D eigenvalue weighted by Gasteiger charge is -2.12. The summed E-state index contributed by atoms with van der Waals surface area (Å²) in [6.07, 6.45) is 0. The number of hydrogen-bond donors (Lipinski definition) is 2. The highest BCUT2D eigenvalue weighted by molar-refractivity contribution is 5.68. The van der Waals surface area contributed by atoms with Gasteiger partial charge in [0.2, 0.25) is 0 Å². The van der Waals surface area contributed by atoms with Crippen LogP contribution in [0.3, 0.4) is 0 Å². The highest BCUT2D eigenvalue weighted by Gasteiger charge is 2.06. The summed E-state index contributed by atoms with van der Waals surface area (Å²) in [5, 5.41) is 18.6. The van der Waals surface area contributed by atoms with Gasteiger partial charge in [-0.15, -0.1) is 0 Å². The van der Waals surface area contributed by atoms with Gasteiger partial charge in [0.1, 0.15) is 0 Å². The van der Waals surface area contributed by atoms with Crippen molar-refractivity contribution in [2.24, 2.45) is 0 Å². The summed E-state index contributed by atoms with van der Waals surface area (Å²) in [7, 11) is 4.09. The first-order chi connectivity index (χ1) is 9.63. The molecule has 3 heteroatoms. The Morgan fingerprint density at radius 2 is 1.50 bits per heavy atom. The summed E-state index contributed by atoms with van der Waals surface area (Å²) in [5.41, 5.74) is 5.03. The monoisotopic (exact) mass is 271 g/mol. The van der Waals surface area contributed by atoms with Crippen LogP contribution < -0.4 is 0 Å². The van der Waals surface area contributed by atoms with Gasteiger partial charge in [0.15, 0.2) is 0 Å². The van der Waals surface area contributed by atoms with Crippen LogP contribution in [0.5, 0.6) is 0 Å². The average Bonchev–Trinajstić information content (AvgIpc) is 2.47. The summed E-state index contributed by atoms with van der Waals surface area (Å²) in [6, 6.07) is 14.1. The standard InChI is InChI=1S/C17H21NO2/c1-18(2)10-13-3-6-15(7-4-13)17-8-5-14(11-19)9-16(17)12-20/h3-9,19-20H,10-12H2,1-2H3. The van der Waals surface area contributed by atoms with Crippen LogP contribution in [-0.2, 0) is 19.8 Å². The van der Waals surface area contributed by atoms with Crippen molar-refractivity contribution in [3.63, 3.8) is 0 Å². The third kappa shape index (κ3) is 3.45. The molecule has 2 aromatic rings. The van der Waals surface area contributed by atoms with Crippen molar-refractivity contribution in [3.05, 3.63) is 59.2 Å². The van der Waals surface area contributed by atoms with E-state index in [1.54, 1.807) is 0 Å². The Kier molecular flexibility index (Phi) is 4.90. The van der Waals surface area contributed by atoms with Gasteiger partial charge in [-0.1, -0.05) is 42.5 Å². The normalized spacial score (nSPS) is 11.1. The Morgan fingerprint density at radius 1 is 0.850 bits per heavy atom. The topological polar surface area (TPSA) is 43.7 Å². The molecule has 0 bridgehead atoms. The maximum absolute atomic E-state index is 9.48. The van der Waals surface area contributed by atoms with Crippen LogP contribution in [-0.4, -0.2) is 29.2 Å². The second-order valence-corrected chi connectivity index (χ2v) is 5.24. The molecule has 0 saturated heterocycles. The van der Waals surface area contributed by atoms with Crippen LogP contribution in [0.15, 0.2) is 42.5 Å². The molecule has 0 saturated carbocycles. The zero-order valence-electron chi connectivity index (χ0n) is 12.0. The Balaban J connectivity index is 2.31. The smallest absolute Gasteiger partial charge is 0.0687 e. The molecule has 0 unspecified atom stereocenters. The van der Waals surface area contributed by atoms with Gasteiger partial charge in [0, 0.05) is 6.54 Å². The summed E-state index contributed by atoms with van der Waals surface area (Å²) >= 11 is 0. The lowest BCUT2D eigenvalue weighted by atomic mass is 9.97. The summed E-state index contributed by atoms with van der Waals surface area (Å²) in [5.74, 6) is 0. The van der Waals surface area contributed by atoms with Gasteiger partial charge in [0.25, 0.3) is 0 Å². The van der Waals surface area contributed by atoms with Crippen molar-refractivity contribution >= 4 is 0 Å². The largest absolute Gasteiger partial charge is 0.392 e. The van der Waals surface area contributed by atoms with E-state index in [2.05, 4.69) is 29.2 Å². The van der Waals surface area contributed by atoms with Crippen molar-refractivity contribution in [1.29, 1.82) is 0 Å². The number of nitrogens with zero attached hydrogens (tertiary/aromatic N) is 1. The number of rotatable bonds is 5. The number of aliphatic hydroxyl groups is 2. The minimum absolute atomic E-state index is 0.00491. The Hall–Kier alpha value is -1.68. The van der Waals surface area contributed by atoms with E-state index < -0.39 is 0 Å². The summed E-state index contributed by atoms with van der Waals surface area (Å²) in [6.45, 7) is 0.883. The predicted octanol–water partition coefficient (Wildman–Crippen LogP) is 2.40. The molecule has 0 aliphatic carbocycles. The lowest BCUT2D eigenvalue weighted by molar-refractivity contribution is 0.276. The van der Waals surface area contributed by atoms with Crippen molar-refractivity contribution in [2.75, 3.05) is 14.1 Å². The van der Waals surface area contributed by atoms with Crippen molar-refractivity contribution in [1.82, 2.24) is 4.90 Å². The van der Waals surface area contributed by atoms with E-state index >= 15 is 0 Å². The second-order valence-electron chi connectivity index (χ2n) is 5.24. The third-order valence-electron chi connectivity index (χ3n) is 3.29. The summed E-state index contributed by atoms with van der Waals surface area (Å²) < 4.78 is 0. The van der Waals surface area contributed by atoms with Crippen LogP contribution in [0.1, 0.15) is 16.7 Å². The van der Waals surface area contributed by atoms with Crippen LogP contribution in [0, 0.1) is 0 Å². The number of hydrogen-bond acceptors (Lipinski definition) is 3. The van der Waals surface area contributed by atoms with Gasteiger partial charge in [0.05, 0.1) is 13.2 Å². The third-order valence-corrected chi connectivity index (χ3v) is 3.29. The molecule has 0 amide bonds. The fraction of sp³-hybridized carbons (Fsp3) is 0.294. The van der Waals surface area contributed by atoms with Gasteiger partial charge in [-0.25, -0.2) is 0 Å². The molecule has 2 aromatic carbocycles. The number of aliphatic hydroxyl groups excluding tert-OH is 2. The maximum Gasteiger partial charge on any atom is 0.0687 e. The zero-order valence-corrected chi connectivity index (χ0v) is 12.0. The van der Waals surface area contributed by atoms with Crippen LogP contribution >= 0.6 is 0 Å². The Bertz CT molecular complexity index is 562. The van der Waals surface area contributed by atoms with Gasteiger partial charge >= 0.3 is 0 Å². The molecule has 2 N–H and O–H groups in total. The van der Waals surface area contributed by atoms with E-state index in [9.17, 15) is 5.11 Å². The molecule has 0 spiro atoms. The minimum atomic E-state index is -0.0252. The van der Waals surface area contributed by atoms with E-state index in [1.807, 2.05) is 32.3 Å². The highest BCUT2D eigenvalue weighted by atomic mass is 16.3. The predicted molar refractivity (Wildman–Crippen MR) is 81.1 cm³/mol. The lowest BCUT2D eigenvalue weighted by Crippen LogP contribution is -2.10. The second kappa shape index (κ2) is 6.66. The van der Waals surface area contributed by atoms with Crippen LogP contribution in [0.4, 0.5) is 0 Å². The van der Waals surface area contributed by atoms with Crippen LogP contribution in [0.2, 0.25) is 0 Å². The maximum atomic E-state index is 9.48. The SMILES string of the molecule is CN(C)Cc1ccc(-c2ccc(CO)cc2CO)cc1. The quantitative estimate of drug-likeness (QED) is 0.877. The Morgan fingerprint density at radius 3 is 2.05 bits per heavy atom. The molecule has 2 rings (SSSR count). The molecule has 20 heavy (non-hydrogen) atoms. The average molecular weight is 271 g/mol. The van der Waals surface area contributed by atoms with E-state index in [-0.39, 0.29) is 13.2 Å². The highest BCUT2D eigenvalue weighted by Crippen LogP contribution is 2.25. The first-order valence-electron chi connectivity index (χ1n) is 6.71. The molecule has 0 aromatic heterocycles. The van der Waals surface area contributed by atoms with E-state index in [0.717, 1.165) is 28.8 Å². The zero-order chi connectivity index (χ0) is 14.5. The van der Waals surface area contributed by atoms with Crippen molar-refractivity contribution in [3.8, 4) is 11.1 Å². The fourth-order valence-electron chi connectivity index (χ4n) is 2.31.